The highest BCUT2D eigenvalue weighted by Crippen LogP contribution is 2.32. The van der Waals surface area contributed by atoms with Gasteiger partial charge in [-0.1, -0.05) is 32.9 Å². The Bertz CT molecular complexity index is 176. The Kier molecular flexibility index (Phi) is 3.55. The van der Waals surface area contributed by atoms with Crippen LogP contribution in [0.4, 0.5) is 0 Å². The molecular formula is C12H23N. The Hall–Kier alpha value is -0.300. The highest BCUT2D eigenvalue weighted by molar-refractivity contribution is 4.92. The number of hydrogen-bond acceptors (Lipinski definition) is 1. The molecule has 0 aromatic heterocycles. The molecule has 0 aliphatic carbocycles. The van der Waals surface area contributed by atoms with Gasteiger partial charge in [0.1, 0.15) is 0 Å². The molecule has 1 fully saturated rings. The van der Waals surface area contributed by atoms with Crippen LogP contribution < -0.4 is 0 Å². The van der Waals surface area contributed by atoms with Gasteiger partial charge in [-0.3, -0.25) is 4.90 Å². The summed E-state index contributed by atoms with van der Waals surface area (Å²) in [5.41, 5.74) is 0.443. The van der Waals surface area contributed by atoms with E-state index in [1.165, 1.54) is 19.4 Å². The van der Waals surface area contributed by atoms with Gasteiger partial charge in [0.15, 0.2) is 0 Å². The summed E-state index contributed by atoms with van der Waals surface area (Å²) in [6.07, 6.45) is 7.17. The Labute approximate surface area is 82.8 Å². The van der Waals surface area contributed by atoms with Crippen LogP contribution >= 0.6 is 0 Å². The SMILES string of the molecule is C/C=C/CN1CCCC1C(C)(C)C. The molecule has 0 saturated carbocycles. The molecule has 76 valence electrons. The van der Waals surface area contributed by atoms with Gasteiger partial charge in [0.2, 0.25) is 0 Å². The molecule has 0 amide bonds. The molecule has 13 heavy (non-hydrogen) atoms. The van der Waals surface area contributed by atoms with E-state index in [1.807, 2.05) is 0 Å². The van der Waals surface area contributed by atoms with Crippen molar-refractivity contribution in [3.8, 4) is 0 Å². The zero-order valence-corrected chi connectivity index (χ0v) is 9.51. The number of rotatable bonds is 2. The summed E-state index contributed by atoms with van der Waals surface area (Å²) in [6, 6.07) is 0.781. The number of hydrogen-bond donors (Lipinski definition) is 0. The van der Waals surface area contributed by atoms with Crippen molar-refractivity contribution in [2.75, 3.05) is 13.1 Å². The molecule has 0 spiro atoms. The van der Waals surface area contributed by atoms with Gasteiger partial charge in [-0.25, -0.2) is 0 Å². The van der Waals surface area contributed by atoms with E-state index in [2.05, 4.69) is 44.7 Å². The Balaban J connectivity index is 2.53. The average Bonchev–Trinajstić information content (AvgIpc) is 2.47. The quantitative estimate of drug-likeness (QED) is 0.592. The van der Waals surface area contributed by atoms with E-state index in [9.17, 15) is 0 Å². The molecule has 1 nitrogen and oxygen atoms in total. The third-order valence-electron chi connectivity index (χ3n) is 2.94. The van der Waals surface area contributed by atoms with Crippen molar-refractivity contribution < 1.29 is 0 Å². The predicted octanol–water partition coefficient (Wildman–Crippen LogP) is 3.07. The molecule has 1 aliphatic heterocycles. The van der Waals surface area contributed by atoms with Gasteiger partial charge in [0.25, 0.3) is 0 Å². The lowest BCUT2D eigenvalue weighted by Gasteiger charge is -2.34. The third-order valence-corrected chi connectivity index (χ3v) is 2.94. The first kappa shape index (κ1) is 10.8. The van der Waals surface area contributed by atoms with Crippen LogP contribution in [0.5, 0.6) is 0 Å². The van der Waals surface area contributed by atoms with Crippen molar-refractivity contribution in [1.82, 2.24) is 4.90 Å². The number of allylic oxidation sites excluding steroid dienone is 1. The molecule has 0 aromatic rings. The van der Waals surface area contributed by atoms with E-state index in [-0.39, 0.29) is 0 Å². The Morgan fingerprint density at radius 3 is 2.62 bits per heavy atom. The fourth-order valence-electron chi connectivity index (χ4n) is 2.27. The predicted molar refractivity (Wildman–Crippen MR) is 58.9 cm³/mol. The lowest BCUT2D eigenvalue weighted by Crippen LogP contribution is -2.39. The topological polar surface area (TPSA) is 3.24 Å². The average molecular weight is 181 g/mol. The van der Waals surface area contributed by atoms with Crippen molar-refractivity contribution in [1.29, 1.82) is 0 Å². The van der Waals surface area contributed by atoms with E-state index in [0.29, 0.717) is 5.41 Å². The lowest BCUT2D eigenvalue weighted by atomic mass is 9.85. The molecule has 1 heterocycles. The normalized spacial score (nSPS) is 26.0. The zero-order valence-electron chi connectivity index (χ0n) is 9.51. The maximum absolute atomic E-state index is 2.61. The van der Waals surface area contributed by atoms with Crippen molar-refractivity contribution in [2.45, 2.75) is 46.6 Å². The van der Waals surface area contributed by atoms with Crippen LogP contribution in [-0.2, 0) is 0 Å². The minimum Gasteiger partial charge on any atom is -0.296 e. The van der Waals surface area contributed by atoms with E-state index in [4.69, 9.17) is 0 Å². The highest BCUT2D eigenvalue weighted by Gasteiger charge is 2.32. The zero-order chi connectivity index (χ0) is 9.90. The maximum atomic E-state index is 2.61. The molecule has 1 heteroatoms. The summed E-state index contributed by atoms with van der Waals surface area (Å²) < 4.78 is 0. The number of nitrogens with zero attached hydrogens (tertiary/aromatic N) is 1. The maximum Gasteiger partial charge on any atom is 0.0166 e. The van der Waals surface area contributed by atoms with Crippen molar-refractivity contribution >= 4 is 0 Å². The Morgan fingerprint density at radius 1 is 1.38 bits per heavy atom. The molecule has 0 aromatic carbocycles. The molecule has 1 saturated heterocycles. The summed E-state index contributed by atoms with van der Waals surface area (Å²) in [7, 11) is 0. The van der Waals surface area contributed by atoms with Crippen molar-refractivity contribution in [3.63, 3.8) is 0 Å². The van der Waals surface area contributed by atoms with Gasteiger partial charge in [0.05, 0.1) is 0 Å². The molecule has 0 N–H and O–H groups in total. The van der Waals surface area contributed by atoms with Gasteiger partial charge < -0.3 is 0 Å². The van der Waals surface area contributed by atoms with Crippen LogP contribution in [0.3, 0.4) is 0 Å². The first-order chi connectivity index (χ1) is 6.05. The molecule has 0 bridgehead atoms. The van der Waals surface area contributed by atoms with Crippen LogP contribution in [0, 0.1) is 5.41 Å². The first-order valence-corrected chi connectivity index (χ1v) is 5.41. The second kappa shape index (κ2) is 4.28. The molecule has 1 rings (SSSR count). The van der Waals surface area contributed by atoms with Gasteiger partial charge in [-0.15, -0.1) is 0 Å². The summed E-state index contributed by atoms with van der Waals surface area (Å²) >= 11 is 0. The van der Waals surface area contributed by atoms with Gasteiger partial charge in [-0.2, -0.15) is 0 Å². The third kappa shape index (κ3) is 2.84. The molecule has 1 unspecified atom stereocenters. The fourth-order valence-corrected chi connectivity index (χ4v) is 2.27. The van der Waals surface area contributed by atoms with Gasteiger partial charge in [0, 0.05) is 12.6 Å². The van der Waals surface area contributed by atoms with Crippen LogP contribution in [0.15, 0.2) is 12.2 Å². The van der Waals surface area contributed by atoms with Crippen LogP contribution in [0.2, 0.25) is 0 Å². The monoisotopic (exact) mass is 181 g/mol. The summed E-state index contributed by atoms with van der Waals surface area (Å²) in [5, 5.41) is 0. The van der Waals surface area contributed by atoms with E-state index in [0.717, 1.165) is 12.6 Å². The fraction of sp³-hybridized carbons (Fsp3) is 0.833. The van der Waals surface area contributed by atoms with Crippen LogP contribution in [0.25, 0.3) is 0 Å². The summed E-state index contributed by atoms with van der Waals surface area (Å²) in [5.74, 6) is 0. The van der Waals surface area contributed by atoms with Crippen molar-refractivity contribution in [3.05, 3.63) is 12.2 Å². The van der Waals surface area contributed by atoms with Crippen LogP contribution in [0.1, 0.15) is 40.5 Å². The standard InChI is InChI=1S/C12H23N/c1-5-6-9-13-10-7-8-11(13)12(2,3)4/h5-6,11H,7-10H2,1-4H3/b6-5+. The second-order valence-corrected chi connectivity index (χ2v) is 5.09. The largest absolute Gasteiger partial charge is 0.296 e. The van der Waals surface area contributed by atoms with E-state index >= 15 is 0 Å². The van der Waals surface area contributed by atoms with E-state index in [1.54, 1.807) is 0 Å². The second-order valence-electron chi connectivity index (χ2n) is 5.09. The first-order valence-electron chi connectivity index (χ1n) is 5.41. The Morgan fingerprint density at radius 2 is 2.08 bits per heavy atom. The smallest absolute Gasteiger partial charge is 0.0166 e. The number of likely N-dealkylation sites (tertiary alicyclic amines) is 1. The molecular weight excluding hydrogens is 158 g/mol. The van der Waals surface area contributed by atoms with Gasteiger partial charge >= 0.3 is 0 Å². The summed E-state index contributed by atoms with van der Waals surface area (Å²) in [6.45, 7) is 11.6. The van der Waals surface area contributed by atoms with Gasteiger partial charge in [-0.05, 0) is 31.7 Å². The molecule has 0 radical (unpaired) electrons. The minimum absolute atomic E-state index is 0.443. The molecule has 1 atom stereocenters. The summed E-state index contributed by atoms with van der Waals surface area (Å²) in [4.78, 5) is 2.61. The van der Waals surface area contributed by atoms with Crippen molar-refractivity contribution in [2.24, 2.45) is 5.41 Å². The molecule has 1 aliphatic rings. The highest BCUT2D eigenvalue weighted by atomic mass is 15.2. The van der Waals surface area contributed by atoms with Crippen LogP contribution in [-0.4, -0.2) is 24.0 Å². The minimum atomic E-state index is 0.443. The van der Waals surface area contributed by atoms with E-state index < -0.39 is 0 Å². The lowest BCUT2D eigenvalue weighted by molar-refractivity contribution is 0.154.